The van der Waals surface area contributed by atoms with E-state index in [1.165, 1.54) is 38.5 Å². The van der Waals surface area contributed by atoms with Gasteiger partial charge in [0.15, 0.2) is 0 Å². The normalized spacial score (nSPS) is 33.0. The Hall–Kier alpha value is -0.870. The Morgan fingerprint density at radius 1 is 1.08 bits per heavy atom. The number of fused-ring (bicyclic) bond motifs is 2. The molecule has 1 N–H and O–H groups in total. The zero-order valence-corrected chi connectivity index (χ0v) is 14.7. The van der Waals surface area contributed by atoms with Crippen LogP contribution in [0.3, 0.4) is 0 Å². The first kappa shape index (κ1) is 17.9. The topological polar surface area (TPSA) is 55.8 Å². The molecule has 136 valence electrons. The molecule has 0 radical (unpaired) electrons. The highest BCUT2D eigenvalue weighted by Crippen LogP contribution is 2.46. The van der Waals surface area contributed by atoms with Gasteiger partial charge in [-0.05, 0) is 63.2 Å². The summed E-state index contributed by atoms with van der Waals surface area (Å²) in [6.45, 7) is 0.890. The molecule has 3 rings (SSSR count). The highest BCUT2D eigenvalue weighted by molar-refractivity contribution is 5.66. The second kappa shape index (κ2) is 9.00. The third-order valence-corrected chi connectivity index (χ3v) is 6.03. The molecule has 0 aromatic carbocycles. The fourth-order valence-electron chi connectivity index (χ4n) is 4.77. The molecule has 2 bridgehead atoms. The van der Waals surface area contributed by atoms with Crippen LogP contribution in [0, 0.1) is 11.8 Å². The van der Waals surface area contributed by atoms with Crippen molar-refractivity contribution in [2.75, 3.05) is 6.61 Å². The third kappa shape index (κ3) is 4.82. The maximum absolute atomic E-state index is 10.5. The van der Waals surface area contributed by atoms with Gasteiger partial charge in [0.25, 0.3) is 0 Å². The molecule has 4 nitrogen and oxygen atoms in total. The molecule has 3 fully saturated rings. The van der Waals surface area contributed by atoms with Gasteiger partial charge in [0.1, 0.15) is 0 Å². The van der Waals surface area contributed by atoms with Crippen LogP contribution in [0.1, 0.15) is 70.6 Å². The fourth-order valence-corrected chi connectivity index (χ4v) is 4.77. The minimum Gasteiger partial charge on any atom is -0.481 e. The van der Waals surface area contributed by atoms with Gasteiger partial charge in [0.2, 0.25) is 0 Å². The molecule has 0 aromatic heterocycles. The van der Waals surface area contributed by atoms with Crippen LogP contribution >= 0.6 is 0 Å². The Balaban J connectivity index is 1.39. The summed E-state index contributed by atoms with van der Waals surface area (Å²) >= 11 is 0. The number of aliphatic carboxylic acids is 1. The molecular weight excluding hydrogens is 304 g/mol. The van der Waals surface area contributed by atoms with E-state index in [1.807, 2.05) is 0 Å². The van der Waals surface area contributed by atoms with Crippen LogP contribution in [-0.2, 0) is 14.3 Å². The van der Waals surface area contributed by atoms with Gasteiger partial charge in [-0.2, -0.15) is 0 Å². The lowest BCUT2D eigenvalue weighted by molar-refractivity contribution is -0.137. The van der Waals surface area contributed by atoms with Gasteiger partial charge >= 0.3 is 5.97 Å². The molecule has 2 aliphatic heterocycles. The average Bonchev–Trinajstić information content (AvgIpc) is 3.28. The molecule has 4 heteroatoms. The zero-order valence-electron chi connectivity index (χ0n) is 14.7. The quantitative estimate of drug-likeness (QED) is 0.476. The SMILES string of the molecule is O=C(O)CCC/C=C\C[C@@H]1[C@H](CCOC2CCCC2)[C@@H]2CC[C@H]1O2. The molecule has 2 heterocycles. The summed E-state index contributed by atoms with van der Waals surface area (Å²) in [5, 5.41) is 8.66. The van der Waals surface area contributed by atoms with Gasteiger partial charge in [-0.3, -0.25) is 4.79 Å². The standard InChI is InChI=1S/C20H32O4/c21-20(22)10-4-2-1-3-9-16-17(19-12-11-18(16)24-19)13-14-23-15-7-5-6-8-15/h1,3,15-19H,2,4-14H2,(H,21,22)/b3-1-/t16-,17+,18-,19+/m1/s1. The van der Waals surface area contributed by atoms with Crippen LogP contribution < -0.4 is 0 Å². The van der Waals surface area contributed by atoms with E-state index >= 15 is 0 Å². The summed E-state index contributed by atoms with van der Waals surface area (Å²) in [4.78, 5) is 10.5. The largest absolute Gasteiger partial charge is 0.481 e. The van der Waals surface area contributed by atoms with Crippen LogP contribution in [0.25, 0.3) is 0 Å². The van der Waals surface area contributed by atoms with Crippen molar-refractivity contribution in [3.63, 3.8) is 0 Å². The summed E-state index contributed by atoms with van der Waals surface area (Å²) in [7, 11) is 0. The first-order valence-electron chi connectivity index (χ1n) is 9.88. The molecule has 0 spiro atoms. The van der Waals surface area contributed by atoms with E-state index in [4.69, 9.17) is 14.6 Å². The molecule has 0 unspecified atom stereocenters. The number of carboxylic acid groups (broad SMARTS) is 1. The van der Waals surface area contributed by atoms with Gasteiger partial charge in [0.05, 0.1) is 18.3 Å². The van der Waals surface area contributed by atoms with Crippen LogP contribution in [0.5, 0.6) is 0 Å². The van der Waals surface area contributed by atoms with Gasteiger partial charge in [0, 0.05) is 13.0 Å². The second-order valence-electron chi connectivity index (χ2n) is 7.68. The van der Waals surface area contributed by atoms with Crippen LogP contribution in [-0.4, -0.2) is 36.0 Å². The van der Waals surface area contributed by atoms with Gasteiger partial charge in [-0.15, -0.1) is 0 Å². The van der Waals surface area contributed by atoms with Crippen molar-refractivity contribution in [3.8, 4) is 0 Å². The Labute approximate surface area is 145 Å². The van der Waals surface area contributed by atoms with E-state index in [0.29, 0.717) is 30.1 Å². The summed E-state index contributed by atoms with van der Waals surface area (Å²) in [6, 6.07) is 0. The summed E-state index contributed by atoms with van der Waals surface area (Å²) in [5.74, 6) is 0.577. The van der Waals surface area contributed by atoms with Crippen molar-refractivity contribution in [1.82, 2.24) is 0 Å². The zero-order chi connectivity index (χ0) is 16.8. The summed E-state index contributed by atoms with van der Waals surface area (Å²) < 4.78 is 12.2. The Morgan fingerprint density at radius 2 is 1.83 bits per heavy atom. The highest BCUT2D eigenvalue weighted by Gasteiger charge is 2.47. The molecule has 24 heavy (non-hydrogen) atoms. The van der Waals surface area contributed by atoms with Crippen molar-refractivity contribution < 1.29 is 19.4 Å². The minimum absolute atomic E-state index is 0.267. The molecule has 3 aliphatic rings. The van der Waals surface area contributed by atoms with E-state index in [1.54, 1.807) is 0 Å². The molecule has 0 amide bonds. The predicted molar refractivity (Wildman–Crippen MR) is 92.9 cm³/mol. The lowest BCUT2D eigenvalue weighted by Gasteiger charge is -2.27. The van der Waals surface area contributed by atoms with Gasteiger partial charge < -0.3 is 14.6 Å². The van der Waals surface area contributed by atoms with Crippen LogP contribution in [0.15, 0.2) is 12.2 Å². The van der Waals surface area contributed by atoms with Crippen LogP contribution in [0.4, 0.5) is 0 Å². The number of carboxylic acids is 1. The van der Waals surface area contributed by atoms with Gasteiger partial charge in [-0.1, -0.05) is 25.0 Å². The van der Waals surface area contributed by atoms with E-state index in [9.17, 15) is 4.79 Å². The number of carbonyl (C=O) groups is 1. The Kier molecular flexibility index (Phi) is 6.73. The summed E-state index contributed by atoms with van der Waals surface area (Å²) in [6.07, 6.45) is 17.5. The van der Waals surface area contributed by atoms with Crippen molar-refractivity contribution in [3.05, 3.63) is 12.2 Å². The number of unbranched alkanes of at least 4 members (excludes halogenated alkanes) is 1. The molecular formula is C20H32O4. The number of hydrogen-bond donors (Lipinski definition) is 1. The maximum atomic E-state index is 10.5. The van der Waals surface area contributed by atoms with Crippen LogP contribution in [0.2, 0.25) is 0 Å². The molecule has 0 aromatic rings. The molecule has 1 saturated carbocycles. The monoisotopic (exact) mass is 336 g/mol. The van der Waals surface area contributed by atoms with Crippen molar-refractivity contribution >= 4 is 5.97 Å². The first-order chi connectivity index (χ1) is 11.7. The number of rotatable bonds is 10. The van der Waals surface area contributed by atoms with Crippen molar-refractivity contribution in [2.24, 2.45) is 11.8 Å². The van der Waals surface area contributed by atoms with Gasteiger partial charge in [-0.25, -0.2) is 0 Å². The minimum atomic E-state index is -0.702. The Bertz CT molecular complexity index is 427. The number of hydrogen-bond acceptors (Lipinski definition) is 3. The van der Waals surface area contributed by atoms with E-state index < -0.39 is 5.97 Å². The fraction of sp³-hybridized carbons (Fsp3) is 0.850. The second-order valence-corrected chi connectivity index (χ2v) is 7.68. The maximum Gasteiger partial charge on any atom is 0.303 e. The summed E-state index contributed by atoms with van der Waals surface area (Å²) in [5.41, 5.74) is 0. The number of ether oxygens (including phenoxy) is 2. The first-order valence-corrected chi connectivity index (χ1v) is 9.88. The van der Waals surface area contributed by atoms with E-state index in [2.05, 4.69) is 12.2 Å². The lowest BCUT2D eigenvalue weighted by Crippen LogP contribution is -2.28. The smallest absolute Gasteiger partial charge is 0.303 e. The highest BCUT2D eigenvalue weighted by atomic mass is 16.5. The van der Waals surface area contributed by atoms with E-state index in [-0.39, 0.29) is 6.42 Å². The average molecular weight is 336 g/mol. The third-order valence-electron chi connectivity index (χ3n) is 6.03. The molecule has 2 saturated heterocycles. The van der Waals surface area contributed by atoms with Crippen molar-refractivity contribution in [1.29, 1.82) is 0 Å². The van der Waals surface area contributed by atoms with E-state index in [0.717, 1.165) is 32.3 Å². The molecule has 4 atom stereocenters. The molecule has 1 aliphatic carbocycles. The van der Waals surface area contributed by atoms with Crippen molar-refractivity contribution in [2.45, 2.75) is 88.9 Å². The number of allylic oxidation sites excluding steroid dienone is 2. The predicted octanol–water partition coefficient (Wildman–Crippen LogP) is 4.33. The lowest BCUT2D eigenvalue weighted by atomic mass is 9.76. The Morgan fingerprint density at radius 3 is 2.58 bits per heavy atom.